The smallest absolute Gasteiger partial charge is 0.275 e. The van der Waals surface area contributed by atoms with Crippen molar-refractivity contribution in [1.82, 2.24) is 19.6 Å². The molecule has 1 fully saturated rings. The minimum Gasteiger partial charge on any atom is -0.345 e. The molecule has 0 radical (unpaired) electrons. The van der Waals surface area contributed by atoms with E-state index in [9.17, 15) is 17.6 Å². The van der Waals surface area contributed by atoms with Crippen molar-refractivity contribution in [2.24, 2.45) is 0 Å². The number of nitrogens with one attached hydrogen (secondary N) is 3. The van der Waals surface area contributed by atoms with Crippen LogP contribution in [-0.4, -0.2) is 47.4 Å². The van der Waals surface area contributed by atoms with Crippen LogP contribution in [-0.2, 0) is 15.6 Å². The number of amides is 1. The second kappa shape index (κ2) is 6.99. The molecule has 3 rings (SSSR count). The van der Waals surface area contributed by atoms with Crippen LogP contribution in [0.15, 0.2) is 30.6 Å². The summed E-state index contributed by atoms with van der Waals surface area (Å²) in [6, 6.07) is 3.76. The Hall–Kier alpha value is -2.79. The van der Waals surface area contributed by atoms with Gasteiger partial charge in [0.05, 0.1) is 23.7 Å². The van der Waals surface area contributed by atoms with Crippen molar-refractivity contribution >= 4 is 39.2 Å². The van der Waals surface area contributed by atoms with Gasteiger partial charge in [-0.3, -0.25) is 10.2 Å². The predicted molar refractivity (Wildman–Crippen MR) is 101 cm³/mol. The van der Waals surface area contributed by atoms with Gasteiger partial charge in [0.15, 0.2) is 0 Å². The molecule has 2 heterocycles. The van der Waals surface area contributed by atoms with E-state index in [0.29, 0.717) is 0 Å². The fourth-order valence-corrected chi connectivity index (χ4v) is 4.34. The monoisotopic (exact) mass is 426 g/mol. The number of halogens is 2. The Morgan fingerprint density at radius 3 is 2.71 bits per heavy atom. The normalized spacial score (nSPS) is 21.1. The van der Waals surface area contributed by atoms with E-state index in [-0.39, 0.29) is 28.1 Å². The molecule has 3 N–H and O–H groups in total. The molecule has 1 saturated heterocycles. The number of hydrogen-bond acceptors (Lipinski definition) is 6. The number of rotatable bonds is 3. The van der Waals surface area contributed by atoms with Crippen LogP contribution in [0.3, 0.4) is 0 Å². The van der Waals surface area contributed by atoms with E-state index in [2.05, 4.69) is 20.6 Å². The van der Waals surface area contributed by atoms with Crippen molar-refractivity contribution in [3.8, 4) is 0 Å². The van der Waals surface area contributed by atoms with Gasteiger partial charge in [-0.1, -0.05) is 11.6 Å². The molecular weight excluding hydrogens is 411 g/mol. The van der Waals surface area contributed by atoms with Gasteiger partial charge in [-0.2, -0.15) is 0 Å². The molecule has 0 unspecified atom stereocenters. The summed E-state index contributed by atoms with van der Waals surface area (Å²) in [6.45, 7) is 1.47. The van der Waals surface area contributed by atoms with Crippen molar-refractivity contribution in [3.05, 3.63) is 52.8 Å². The highest BCUT2D eigenvalue weighted by Crippen LogP contribution is 2.31. The second-order valence-electron chi connectivity index (χ2n) is 6.40. The maximum atomic E-state index is 14.5. The zero-order valence-corrected chi connectivity index (χ0v) is 16.4. The maximum absolute atomic E-state index is 14.5. The van der Waals surface area contributed by atoms with Crippen LogP contribution in [0.2, 0.25) is 5.15 Å². The van der Waals surface area contributed by atoms with Gasteiger partial charge in [-0.25, -0.2) is 27.1 Å². The largest absolute Gasteiger partial charge is 0.345 e. The van der Waals surface area contributed by atoms with Crippen molar-refractivity contribution in [3.63, 3.8) is 0 Å². The highest BCUT2D eigenvalue weighted by Gasteiger charge is 2.43. The summed E-state index contributed by atoms with van der Waals surface area (Å²) >= 11 is 5.64. The third-order valence-corrected chi connectivity index (χ3v) is 6.42. The molecule has 0 aliphatic carbocycles. The molecule has 1 atom stereocenters. The first-order valence-corrected chi connectivity index (χ1v) is 9.93. The predicted octanol–water partition coefficient (Wildman–Crippen LogP) is 1.54. The molecular formula is C16H16ClFN6O3S. The van der Waals surface area contributed by atoms with Crippen molar-refractivity contribution in [2.45, 2.75) is 12.5 Å². The fourth-order valence-electron chi connectivity index (χ4n) is 2.77. The Labute approximate surface area is 165 Å². The molecule has 1 aliphatic heterocycles. The number of hydrogen-bond donors (Lipinski definition) is 3. The summed E-state index contributed by atoms with van der Waals surface area (Å²) in [5.41, 5.74) is -1.17. The molecule has 9 nitrogen and oxygen atoms in total. The van der Waals surface area contributed by atoms with E-state index in [1.165, 1.54) is 38.5 Å². The lowest BCUT2D eigenvalue weighted by atomic mass is 9.93. The number of sulfonamides is 1. The first kappa shape index (κ1) is 20.0. The van der Waals surface area contributed by atoms with Crippen LogP contribution in [0, 0.1) is 11.2 Å². The Bertz CT molecular complexity index is 1060. The molecule has 1 aliphatic rings. The minimum atomic E-state index is -3.80. The van der Waals surface area contributed by atoms with Crippen molar-refractivity contribution < 1.29 is 17.6 Å². The number of carbonyl (C=O) groups is 1. The SMILES string of the molecule is CN1C(=N)N[C@](C)(c2cc(NC(=O)c3cnc(Cl)cn3)ccc2F)CS1(=O)=O. The Kier molecular flexibility index (Phi) is 4.98. The molecule has 1 amide bonds. The zero-order valence-electron chi connectivity index (χ0n) is 14.8. The fraction of sp³-hybridized carbons (Fsp3) is 0.250. The summed E-state index contributed by atoms with van der Waals surface area (Å²) in [6.07, 6.45) is 2.41. The Balaban J connectivity index is 1.92. The Morgan fingerprint density at radius 2 is 2.11 bits per heavy atom. The molecule has 1 aromatic heterocycles. The van der Waals surface area contributed by atoms with Gasteiger partial charge in [0.1, 0.15) is 16.7 Å². The molecule has 148 valence electrons. The van der Waals surface area contributed by atoms with Crippen LogP contribution in [0.25, 0.3) is 0 Å². The number of anilines is 1. The lowest BCUT2D eigenvalue weighted by Crippen LogP contribution is -2.61. The van der Waals surface area contributed by atoms with E-state index >= 15 is 0 Å². The van der Waals surface area contributed by atoms with Crippen LogP contribution in [0.4, 0.5) is 10.1 Å². The van der Waals surface area contributed by atoms with Gasteiger partial charge >= 0.3 is 0 Å². The summed E-state index contributed by atoms with van der Waals surface area (Å²) < 4.78 is 39.9. The van der Waals surface area contributed by atoms with Crippen LogP contribution < -0.4 is 10.6 Å². The number of nitrogens with zero attached hydrogens (tertiary/aromatic N) is 3. The Morgan fingerprint density at radius 1 is 1.39 bits per heavy atom. The van der Waals surface area contributed by atoms with E-state index < -0.39 is 33.0 Å². The van der Waals surface area contributed by atoms with Gasteiger partial charge < -0.3 is 10.6 Å². The average Bonchev–Trinajstić information content (AvgIpc) is 2.61. The van der Waals surface area contributed by atoms with Crippen LogP contribution in [0.5, 0.6) is 0 Å². The van der Waals surface area contributed by atoms with Gasteiger partial charge in [0.25, 0.3) is 5.91 Å². The third-order valence-electron chi connectivity index (χ3n) is 4.27. The van der Waals surface area contributed by atoms with Crippen molar-refractivity contribution in [2.75, 3.05) is 18.1 Å². The topological polar surface area (TPSA) is 128 Å². The minimum absolute atomic E-state index is 0.00302. The number of guanidine groups is 1. The first-order chi connectivity index (χ1) is 13.0. The van der Waals surface area contributed by atoms with E-state index in [1.54, 1.807) is 0 Å². The summed E-state index contributed by atoms with van der Waals surface area (Å²) in [5, 5.41) is 13.2. The third kappa shape index (κ3) is 3.76. The lowest BCUT2D eigenvalue weighted by Gasteiger charge is -2.40. The quantitative estimate of drug-likeness (QED) is 0.682. The number of aromatic nitrogens is 2. The van der Waals surface area contributed by atoms with E-state index in [0.717, 1.165) is 10.4 Å². The molecule has 12 heteroatoms. The summed E-state index contributed by atoms with van der Waals surface area (Å²) in [4.78, 5) is 19.9. The standard InChI is InChI=1S/C16H16ClFN6O3S/c1-16(8-28(26,27)24(2)15(19)23-16)10-5-9(3-4-11(10)18)22-14(25)12-6-21-13(17)7-20-12/h3-7H,8H2,1-2H3,(H2,19,23)(H,22,25)/t16-/m0/s1. The van der Waals surface area contributed by atoms with Crippen LogP contribution in [0.1, 0.15) is 23.0 Å². The molecule has 0 bridgehead atoms. The molecule has 0 saturated carbocycles. The van der Waals surface area contributed by atoms with Crippen molar-refractivity contribution in [1.29, 1.82) is 5.41 Å². The van der Waals surface area contributed by atoms with E-state index in [1.807, 2.05) is 0 Å². The molecule has 28 heavy (non-hydrogen) atoms. The van der Waals surface area contributed by atoms with E-state index in [4.69, 9.17) is 17.0 Å². The highest BCUT2D eigenvalue weighted by molar-refractivity contribution is 7.89. The summed E-state index contributed by atoms with van der Waals surface area (Å²) in [7, 11) is -2.56. The molecule has 2 aromatic rings. The highest BCUT2D eigenvalue weighted by atomic mass is 35.5. The molecule has 1 aromatic carbocycles. The van der Waals surface area contributed by atoms with Gasteiger partial charge in [-0.05, 0) is 25.1 Å². The zero-order chi connectivity index (χ0) is 20.7. The molecule has 0 spiro atoms. The number of benzene rings is 1. The average molecular weight is 427 g/mol. The summed E-state index contributed by atoms with van der Waals surface area (Å²) in [5.74, 6) is -2.11. The first-order valence-electron chi connectivity index (χ1n) is 7.94. The van der Waals surface area contributed by atoms with Gasteiger partial charge in [0, 0.05) is 18.3 Å². The number of carbonyl (C=O) groups excluding carboxylic acids is 1. The van der Waals surface area contributed by atoms with Crippen LogP contribution >= 0.6 is 11.6 Å². The second-order valence-corrected chi connectivity index (χ2v) is 8.79. The van der Waals surface area contributed by atoms with Gasteiger partial charge in [-0.15, -0.1) is 0 Å². The maximum Gasteiger partial charge on any atom is 0.275 e. The van der Waals surface area contributed by atoms with Gasteiger partial charge in [0.2, 0.25) is 16.0 Å². The lowest BCUT2D eigenvalue weighted by molar-refractivity contribution is 0.102.